The summed E-state index contributed by atoms with van der Waals surface area (Å²) in [6.07, 6.45) is 3.86. The van der Waals surface area contributed by atoms with E-state index >= 15 is 0 Å². The van der Waals surface area contributed by atoms with Crippen molar-refractivity contribution in [3.05, 3.63) is 12.2 Å². The number of nitrogens with zero attached hydrogens (tertiary/aromatic N) is 1. The molecule has 1 aliphatic heterocycles. The zero-order chi connectivity index (χ0) is 9.64. The first-order valence-electron chi connectivity index (χ1n) is 4.28. The molecule has 1 heterocycles. The zero-order valence-electron chi connectivity index (χ0n) is 7.36. The Morgan fingerprint density at radius 3 is 3.00 bits per heavy atom. The van der Waals surface area contributed by atoms with Crippen LogP contribution in [-0.2, 0) is 4.79 Å². The summed E-state index contributed by atoms with van der Waals surface area (Å²) in [5.41, 5.74) is -0.474. The molecule has 13 heavy (non-hydrogen) atoms. The van der Waals surface area contributed by atoms with E-state index in [1.807, 2.05) is 13.0 Å². The van der Waals surface area contributed by atoms with Crippen molar-refractivity contribution in [2.24, 2.45) is 5.41 Å². The Morgan fingerprint density at radius 1 is 1.77 bits per heavy atom. The second-order valence-electron chi connectivity index (χ2n) is 3.92. The number of carbonyl (C=O) groups is 2. The van der Waals surface area contributed by atoms with Crippen molar-refractivity contribution in [2.75, 3.05) is 0 Å². The van der Waals surface area contributed by atoms with Gasteiger partial charge in [-0.1, -0.05) is 19.1 Å². The first-order valence-corrected chi connectivity index (χ1v) is 4.28. The van der Waals surface area contributed by atoms with Crippen molar-refractivity contribution in [2.45, 2.75) is 25.8 Å². The average Bonchev–Trinajstić information content (AvgIpc) is 2.19. The van der Waals surface area contributed by atoms with Gasteiger partial charge in [0.05, 0.1) is 11.5 Å². The van der Waals surface area contributed by atoms with Crippen molar-refractivity contribution >= 4 is 12.0 Å². The minimum atomic E-state index is -1.13. The largest absolute Gasteiger partial charge is 0.465 e. The third kappa shape index (κ3) is 0.978. The smallest absolute Gasteiger partial charge is 0.414 e. The van der Waals surface area contributed by atoms with E-state index in [4.69, 9.17) is 5.11 Å². The van der Waals surface area contributed by atoms with Gasteiger partial charge in [-0.2, -0.15) is 0 Å². The van der Waals surface area contributed by atoms with Crippen molar-refractivity contribution < 1.29 is 14.7 Å². The maximum atomic E-state index is 11.7. The highest BCUT2D eigenvalue weighted by molar-refractivity contribution is 5.97. The van der Waals surface area contributed by atoms with Crippen LogP contribution in [0.3, 0.4) is 0 Å². The quantitative estimate of drug-likeness (QED) is 0.572. The van der Waals surface area contributed by atoms with Crippen molar-refractivity contribution in [1.29, 1.82) is 0 Å². The van der Waals surface area contributed by atoms with Gasteiger partial charge in [0, 0.05) is 0 Å². The van der Waals surface area contributed by atoms with Gasteiger partial charge in [0.1, 0.15) is 0 Å². The van der Waals surface area contributed by atoms with E-state index in [-0.39, 0.29) is 11.9 Å². The van der Waals surface area contributed by atoms with Crippen LogP contribution in [0, 0.1) is 5.41 Å². The van der Waals surface area contributed by atoms with Gasteiger partial charge >= 0.3 is 6.09 Å². The summed E-state index contributed by atoms with van der Waals surface area (Å²) < 4.78 is 0. The number of carboxylic acid groups (broad SMARTS) is 1. The Morgan fingerprint density at radius 2 is 2.46 bits per heavy atom. The van der Waals surface area contributed by atoms with Gasteiger partial charge in [-0.25, -0.2) is 9.69 Å². The number of imide groups is 1. The van der Waals surface area contributed by atoms with E-state index in [9.17, 15) is 9.59 Å². The maximum absolute atomic E-state index is 11.7. The number of rotatable bonds is 0. The fourth-order valence-corrected chi connectivity index (χ4v) is 2.12. The minimum absolute atomic E-state index is 0.233. The molecule has 2 unspecified atom stereocenters. The number of likely N-dealkylation sites (tertiary alicyclic amines) is 1. The van der Waals surface area contributed by atoms with E-state index < -0.39 is 11.5 Å². The number of carbonyl (C=O) groups excluding carboxylic acids is 1. The first-order chi connectivity index (χ1) is 6.04. The molecule has 2 atom stereocenters. The molecular formula is C9H11NO3. The Bertz CT molecular complexity index is 310. The van der Waals surface area contributed by atoms with E-state index in [0.717, 1.165) is 4.90 Å². The van der Waals surface area contributed by atoms with Gasteiger partial charge in [-0.3, -0.25) is 4.79 Å². The molecule has 2 aliphatic rings. The molecule has 4 nitrogen and oxygen atoms in total. The van der Waals surface area contributed by atoms with Gasteiger partial charge < -0.3 is 5.11 Å². The summed E-state index contributed by atoms with van der Waals surface area (Å²) >= 11 is 0. The van der Waals surface area contributed by atoms with Gasteiger partial charge in [-0.05, 0) is 12.8 Å². The minimum Gasteiger partial charge on any atom is -0.465 e. The SMILES string of the molecule is CC12CC=CC(C1)N(C(=O)O)C2=O. The van der Waals surface area contributed by atoms with Crippen LogP contribution < -0.4 is 0 Å². The molecule has 1 N–H and O–H groups in total. The molecule has 2 bridgehead atoms. The average molecular weight is 181 g/mol. The summed E-state index contributed by atoms with van der Waals surface area (Å²) in [7, 11) is 0. The lowest BCUT2D eigenvalue weighted by Gasteiger charge is -2.19. The third-order valence-corrected chi connectivity index (χ3v) is 2.86. The normalized spacial score (nSPS) is 36.8. The van der Waals surface area contributed by atoms with E-state index in [1.54, 1.807) is 6.08 Å². The van der Waals surface area contributed by atoms with Crippen LogP contribution in [0.15, 0.2) is 12.2 Å². The molecular weight excluding hydrogens is 170 g/mol. The summed E-state index contributed by atoms with van der Waals surface area (Å²) in [5.74, 6) is -0.255. The van der Waals surface area contributed by atoms with Gasteiger partial charge in [0.25, 0.3) is 0 Å². The lowest BCUT2D eigenvalue weighted by Crippen LogP contribution is -2.38. The van der Waals surface area contributed by atoms with Crippen LogP contribution in [0.25, 0.3) is 0 Å². The summed E-state index contributed by atoms with van der Waals surface area (Å²) in [6.45, 7) is 1.83. The highest BCUT2D eigenvalue weighted by atomic mass is 16.4. The molecule has 1 fully saturated rings. The molecule has 0 saturated carbocycles. The molecule has 0 radical (unpaired) electrons. The number of hydrogen-bond donors (Lipinski definition) is 1. The lowest BCUT2D eigenvalue weighted by molar-refractivity contribution is -0.133. The van der Waals surface area contributed by atoms with Gasteiger partial charge in [0.15, 0.2) is 0 Å². The van der Waals surface area contributed by atoms with Crippen LogP contribution in [0.5, 0.6) is 0 Å². The fraction of sp³-hybridized carbons (Fsp3) is 0.556. The second-order valence-corrected chi connectivity index (χ2v) is 3.92. The monoisotopic (exact) mass is 181 g/mol. The van der Waals surface area contributed by atoms with Crippen LogP contribution in [0.2, 0.25) is 0 Å². The number of fused-ring (bicyclic) bond motifs is 2. The molecule has 2 rings (SSSR count). The predicted octanol–water partition coefficient (Wildman–Crippen LogP) is 1.23. The Balaban J connectivity index is 2.39. The van der Waals surface area contributed by atoms with Crippen LogP contribution in [0.4, 0.5) is 4.79 Å². The van der Waals surface area contributed by atoms with Crippen molar-refractivity contribution in [3.63, 3.8) is 0 Å². The first kappa shape index (κ1) is 8.29. The van der Waals surface area contributed by atoms with Crippen LogP contribution in [0.1, 0.15) is 19.8 Å². The van der Waals surface area contributed by atoms with E-state index in [2.05, 4.69) is 0 Å². The summed E-state index contributed by atoms with van der Waals surface area (Å²) in [5, 5.41) is 8.82. The highest BCUT2D eigenvalue weighted by Crippen LogP contribution is 2.42. The zero-order valence-corrected chi connectivity index (χ0v) is 7.36. The molecule has 4 heteroatoms. The van der Waals surface area contributed by atoms with Crippen LogP contribution in [-0.4, -0.2) is 28.0 Å². The standard InChI is InChI=1S/C9H11NO3/c1-9-4-2-3-6(5-9)10(7(9)11)8(12)13/h2-3,6H,4-5H2,1H3,(H,12,13). The fourth-order valence-electron chi connectivity index (χ4n) is 2.12. The molecule has 0 aromatic heterocycles. The highest BCUT2D eigenvalue weighted by Gasteiger charge is 2.51. The second kappa shape index (κ2) is 2.34. The molecule has 0 aromatic rings. The third-order valence-electron chi connectivity index (χ3n) is 2.86. The topological polar surface area (TPSA) is 57.6 Å². The summed E-state index contributed by atoms with van der Waals surface area (Å²) in [6, 6.07) is -0.233. The lowest BCUT2D eigenvalue weighted by atomic mass is 9.81. The molecule has 2 amide bonds. The Hall–Kier alpha value is -1.32. The maximum Gasteiger partial charge on any atom is 0.414 e. The van der Waals surface area contributed by atoms with Crippen molar-refractivity contribution in [1.82, 2.24) is 4.90 Å². The van der Waals surface area contributed by atoms with Crippen LogP contribution >= 0.6 is 0 Å². The Labute approximate surface area is 75.8 Å². The van der Waals surface area contributed by atoms with Gasteiger partial charge in [-0.15, -0.1) is 0 Å². The number of allylic oxidation sites excluding steroid dienone is 1. The van der Waals surface area contributed by atoms with E-state index in [1.165, 1.54) is 0 Å². The molecule has 0 spiro atoms. The Kier molecular flexibility index (Phi) is 1.49. The molecule has 1 saturated heterocycles. The number of hydrogen-bond acceptors (Lipinski definition) is 2. The summed E-state index contributed by atoms with van der Waals surface area (Å²) in [4.78, 5) is 23.4. The molecule has 1 aliphatic carbocycles. The van der Waals surface area contributed by atoms with E-state index in [0.29, 0.717) is 12.8 Å². The van der Waals surface area contributed by atoms with Crippen molar-refractivity contribution in [3.8, 4) is 0 Å². The number of amides is 2. The molecule has 0 aromatic carbocycles. The van der Waals surface area contributed by atoms with Gasteiger partial charge in [0.2, 0.25) is 5.91 Å². The molecule has 70 valence electrons. The predicted molar refractivity (Wildman–Crippen MR) is 45.1 cm³/mol.